The predicted octanol–water partition coefficient (Wildman–Crippen LogP) is 4.52. The Balaban J connectivity index is 2.86. The fourth-order valence-corrected chi connectivity index (χ4v) is 1.25. The quantitative estimate of drug-likeness (QED) is 0.368. The Hall–Kier alpha value is -0.260. The van der Waals surface area contributed by atoms with Crippen LogP contribution in [0.15, 0.2) is 12.2 Å². The van der Waals surface area contributed by atoms with Crippen molar-refractivity contribution in [3.05, 3.63) is 19.1 Å². The summed E-state index contributed by atoms with van der Waals surface area (Å²) in [6, 6.07) is 0. The third-order valence-corrected chi connectivity index (χ3v) is 2.02. The van der Waals surface area contributed by atoms with Crippen LogP contribution in [0.25, 0.3) is 0 Å². The Morgan fingerprint density at radius 3 is 2.25 bits per heavy atom. The molecular weight excluding hydrogens is 144 g/mol. The lowest BCUT2D eigenvalue weighted by molar-refractivity contribution is 0.621. The molecule has 0 bridgehead atoms. The topological polar surface area (TPSA) is 0 Å². The van der Waals surface area contributed by atoms with Crippen LogP contribution in [-0.4, -0.2) is 0 Å². The fraction of sp³-hybridized carbons (Fsp3) is 0.750. The molecule has 0 amide bonds. The average Bonchev–Trinajstić information content (AvgIpc) is 2.10. The second-order valence-corrected chi connectivity index (χ2v) is 3.29. The minimum atomic E-state index is 1.11. The van der Waals surface area contributed by atoms with Gasteiger partial charge in [0.1, 0.15) is 0 Å². The minimum Gasteiger partial charge on any atom is -0.0888 e. The second kappa shape index (κ2) is 10.7. The zero-order chi connectivity index (χ0) is 9.07. The van der Waals surface area contributed by atoms with Crippen molar-refractivity contribution in [2.24, 2.45) is 0 Å². The Morgan fingerprint density at radius 1 is 0.917 bits per heavy atom. The van der Waals surface area contributed by atoms with Gasteiger partial charge in [-0.05, 0) is 19.3 Å². The van der Waals surface area contributed by atoms with E-state index in [0.29, 0.717) is 0 Å². The molecule has 0 nitrogen and oxygen atoms in total. The molecule has 0 atom stereocenters. The fourth-order valence-electron chi connectivity index (χ4n) is 1.25. The number of unbranched alkanes of at least 4 members (excludes halogenated alkanes) is 6. The maximum atomic E-state index is 3.83. The van der Waals surface area contributed by atoms with E-state index in [2.05, 4.69) is 26.0 Å². The smallest absolute Gasteiger partial charge is 0.0351 e. The maximum Gasteiger partial charge on any atom is -0.0351 e. The summed E-state index contributed by atoms with van der Waals surface area (Å²) in [4.78, 5) is 0. The lowest BCUT2D eigenvalue weighted by atomic mass is 10.1. The van der Waals surface area contributed by atoms with Gasteiger partial charge in [0.05, 0.1) is 0 Å². The molecule has 0 unspecified atom stereocenters. The normalized spacial score (nSPS) is 11.2. The van der Waals surface area contributed by atoms with E-state index in [-0.39, 0.29) is 0 Å². The van der Waals surface area contributed by atoms with Gasteiger partial charge in [0.2, 0.25) is 0 Å². The summed E-state index contributed by atoms with van der Waals surface area (Å²) < 4.78 is 0. The monoisotopic (exact) mass is 167 g/mol. The molecule has 0 spiro atoms. The van der Waals surface area contributed by atoms with Crippen molar-refractivity contribution in [1.29, 1.82) is 0 Å². The van der Waals surface area contributed by atoms with Gasteiger partial charge in [0.25, 0.3) is 0 Å². The Bertz CT molecular complexity index is 92.2. The third kappa shape index (κ3) is 9.74. The molecule has 0 rings (SSSR count). The SMILES string of the molecule is [CH2]CCCCCCC/C=C/CC. The van der Waals surface area contributed by atoms with Crippen LogP contribution in [0.3, 0.4) is 0 Å². The van der Waals surface area contributed by atoms with Crippen LogP contribution in [0.1, 0.15) is 58.3 Å². The Morgan fingerprint density at radius 2 is 1.58 bits per heavy atom. The van der Waals surface area contributed by atoms with Crippen LogP contribution in [0.4, 0.5) is 0 Å². The first-order valence-corrected chi connectivity index (χ1v) is 5.36. The van der Waals surface area contributed by atoms with Gasteiger partial charge < -0.3 is 0 Å². The molecule has 12 heavy (non-hydrogen) atoms. The summed E-state index contributed by atoms with van der Waals surface area (Å²) in [6.07, 6.45) is 15.0. The highest BCUT2D eigenvalue weighted by atomic mass is 13.9. The summed E-state index contributed by atoms with van der Waals surface area (Å²) in [5.74, 6) is 0. The predicted molar refractivity (Wildman–Crippen MR) is 57.1 cm³/mol. The molecule has 0 heterocycles. The van der Waals surface area contributed by atoms with Gasteiger partial charge in [-0.25, -0.2) is 0 Å². The van der Waals surface area contributed by atoms with Gasteiger partial charge >= 0.3 is 0 Å². The van der Waals surface area contributed by atoms with Crippen LogP contribution in [0, 0.1) is 6.92 Å². The van der Waals surface area contributed by atoms with E-state index in [1.807, 2.05) is 0 Å². The molecule has 1 radical (unpaired) electrons. The van der Waals surface area contributed by atoms with Crippen molar-refractivity contribution in [3.8, 4) is 0 Å². The molecule has 0 aromatic carbocycles. The van der Waals surface area contributed by atoms with Crippen LogP contribution in [0.5, 0.6) is 0 Å². The summed E-state index contributed by atoms with van der Waals surface area (Å²) in [6.45, 7) is 6.02. The minimum absolute atomic E-state index is 1.11. The van der Waals surface area contributed by atoms with E-state index in [1.165, 1.54) is 44.9 Å². The molecule has 0 aliphatic carbocycles. The van der Waals surface area contributed by atoms with Gasteiger partial charge in [0.15, 0.2) is 0 Å². The molecule has 0 aromatic heterocycles. The molecular formula is C12H23. The Kier molecular flexibility index (Phi) is 10.5. The highest BCUT2D eigenvalue weighted by molar-refractivity contribution is 4.79. The average molecular weight is 167 g/mol. The highest BCUT2D eigenvalue weighted by Crippen LogP contribution is 2.06. The van der Waals surface area contributed by atoms with Gasteiger partial charge in [0, 0.05) is 0 Å². The molecule has 0 aromatic rings. The molecule has 0 heteroatoms. The van der Waals surface area contributed by atoms with Crippen LogP contribution < -0.4 is 0 Å². The number of rotatable bonds is 8. The first-order chi connectivity index (χ1) is 5.91. The highest BCUT2D eigenvalue weighted by Gasteiger charge is 1.87. The summed E-state index contributed by atoms with van der Waals surface area (Å²) in [5, 5.41) is 0. The van der Waals surface area contributed by atoms with Crippen LogP contribution >= 0.6 is 0 Å². The van der Waals surface area contributed by atoms with Crippen molar-refractivity contribution >= 4 is 0 Å². The molecule has 0 aliphatic heterocycles. The maximum absolute atomic E-state index is 3.83. The van der Waals surface area contributed by atoms with Crippen molar-refractivity contribution in [2.75, 3.05) is 0 Å². The van der Waals surface area contributed by atoms with E-state index in [4.69, 9.17) is 0 Å². The lowest BCUT2D eigenvalue weighted by Crippen LogP contribution is -1.77. The van der Waals surface area contributed by atoms with Crippen LogP contribution in [-0.2, 0) is 0 Å². The van der Waals surface area contributed by atoms with Crippen molar-refractivity contribution < 1.29 is 0 Å². The van der Waals surface area contributed by atoms with E-state index in [9.17, 15) is 0 Å². The van der Waals surface area contributed by atoms with Crippen molar-refractivity contribution in [1.82, 2.24) is 0 Å². The lowest BCUT2D eigenvalue weighted by Gasteiger charge is -1.97. The van der Waals surface area contributed by atoms with Gasteiger partial charge in [-0.2, -0.15) is 0 Å². The van der Waals surface area contributed by atoms with E-state index >= 15 is 0 Å². The summed E-state index contributed by atoms with van der Waals surface area (Å²) >= 11 is 0. The van der Waals surface area contributed by atoms with E-state index < -0.39 is 0 Å². The number of allylic oxidation sites excluding steroid dienone is 2. The van der Waals surface area contributed by atoms with Crippen LogP contribution in [0.2, 0.25) is 0 Å². The second-order valence-electron chi connectivity index (χ2n) is 3.29. The Labute approximate surface area is 78.1 Å². The molecule has 0 saturated heterocycles. The van der Waals surface area contributed by atoms with Crippen molar-refractivity contribution in [2.45, 2.75) is 58.3 Å². The number of hydrogen-bond donors (Lipinski definition) is 0. The van der Waals surface area contributed by atoms with Gasteiger partial charge in [-0.15, -0.1) is 0 Å². The first-order valence-electron chi connectivity index (χ1n) is 5.36. The number of hydrogen-bond acceptors (Lipinski definition) is 0. The van der Waals surface area contributed by atoms with E-state index in [1.54, 1.807) is 0 Å². The largest absolute Gasteiger partial charge is 0.0888 e. The summed E-state index contributed by atoms with van der Waals surface area (Å²) in [5.41, 5.74) is 0. The molecule has 0 saturated carbocycles. The third-order valence-electron chi connectivity index (χ3n) is 2.02. The van der Waals surface area contributed by atoms with Gasteiger partial charge in [-0.3, -0.25) is 0 Å². The molecule has 0 fully saturated rings. The molecule has 0 aliphatic rings. The standard InChI is InChI=1S/C12H23/c1-3-5-7-9-11-12-10-8-6-4-2/h6,8H,1,3-5,7,9-12H2,2H3/b8-6+. The van der Waals surface area contributed by atoms with E-state index in [0.717, 1.165) is 6.42 Å². The zero-order valence-electron chi connectivity index (χ0n) is 8.52. The molecule has 71 valence electrons. The molecule has 0 N–H and O–H groups in total. The summed E-state index contributed by atoms with van der Waals surface area (Å²) in [7, 11) is 0. The van der Waals surface area contributed by atoms with Gasteiger partial charge in [-0.1, -0.05) is 58.1 Å². The zero-order valence-corrected chi connectivity index (χ0v) is 8.52. The first kappa shape index (κ1) is 11.7. The van der Waals surface area contributed by atoms with Crippen molar-refractivity contribution in [3.63, 3.8) is 0 Å².